The molecule has 2 aliphatic heterocycles. The van der Waals surface area contributed by atoms with Crippen molar-refractivity contribution >= 4 is 16.7 Å². The maximum absolute atomic E-state index is 13.0. The minimum absolute atomic E-state index is 0.0881. The fourth-order valence-corrected chi connectivity index (χ4v) is 4.99. The largest absolute Gasteiger partial charge is 0.493 e. The predicted octanol–water partition coefficient (Wildman–Crippen LogP) is 4.63. The first-order chi connectivity index (χ1) is 14.2. The lowest BCUT2D eigenvalue weighted by Gasteiger charge is -2.40. The Morgan fingerprint density at radius 3 is 2.17 bits per heavy atom. The number of fused-ring (bicyclic) bond motifs is 2. The van der Waals surface area contributed by atoms with E-state index in [1.54, 1.807) is 21.3 Å². The number of ether oxygens (including phenoxy) is 3. The Labute approximate surface area is 169 Å². The fourth-order valence-electron chi connectivity index (χ4n) is 4.99. The highest BCUT2D eigenvalue weighted by molar-refractivity contribution is 5.94. The van der Waals surface area contributed by atoms with Crippen LogP contribution in [0.15, 0.2) is 48.5 Å². The SMILES string of the molecule is COc1cc([C@H]2c3cccc4cccc(c34)[C@@H]3CCC(=O)N23)cc(OC)c1OC. The molecule has 148 valence electrons. The number of amides is 1. The Morgan fingerprint density at radius 1 is 0.897 bits per heavy atom. The maximum Gasteiger partial charge on any atom is 0.223 e. The molecule has 0 radical (unpaired) electrons. The van der Waals surface area contributed by atoms with Gasteiger partial charge in [0, 0.05) is 6.42 Å². The van der Waals surface area contributed by atoms with Crippen LogP contribution in [0, 0.1) is 0 Å². The molecular weight excluding hydrogens is 366 g/mol. The topological polar surface area (TPSA) is 48.0 Å². The molecule has 0 saturated carbocycles. The smallest absolute Gasteiger partial charge is 0.223 e. The Morgan fingerprint density at radius 2 is 1.55 bits per heavy atom. The van der Waals surface area contributed by atoms with Crippen molar-refractivity contribution < 1.29 is 19.0 Å². The van der Waals surface area contributed by atoms with Gasteiger partial charge in [-0.2, -0.15) is 0 Å². The summed E-state index contributed by atoms with van der Waals surface area (Å²) in [7, 11) is 4.82. The summed E-state index contributed by atoms with van der Waals surface area (Å²) in [5, 5.41) is 2.46. The van der Waals surface area contributed by atoms with Crippen molar-refractivity contribution in [2.75, 3.05) is 21.3 Å². The molecule has 0 unspecified atom stereocenters. The van der Waals surface area contributed by atoms with Crippen molar-refractivity contribution in [1.29, 1.82) is 0 Å². The summed E-state index contributed by atoms with van der Waals surface area (Å²) in [6.45, 7) is 0. The van der Waals surface area contributed by atoms with E-state index in [1.165, 1.54) is 16.3 Å². The zero-order valence-corrected chi connectivity index (χ0v) is 16.8. The molecule has 1 saturated heterocycles. The molecule has 0 aliphatic carbocycles. The van der Waals surface area contributed by atoms with Gasteiger partial charge >= 0.3 is 0 Å². The molecule has 1 fully saturated rings. The van der Waals surface area contributed by atoms with Crippen LogP contribution in [0.1, 0.15) is 41.6 Å². The Bertz CT molecular complexity index is 1090. The first-order valence-corrected chi connectivity index (χ1v) is 9.80. The van der Waals surface area contributed by atoms with E-state index in [9.17, 15) is 4.79 Å². The second kappa shape index (κ2) is 6.69. The third-order valence-electron chi connectivity index (χ3n) is 6.16. The summed E-state index contributed by atoms with van der Waals surface area (Å²) in [5.41, 5.74) is 3.34. The van der Waals surface area contributed by atoms with Crippen molar-refractivity contribution in [2.45, 2.75) is 24.9 Å². The molecule has 0 aromatic heterocycles. The Balaban J connectivity index is 1.80. The summed E-state index contributed by atoms with van der Waals surface area (Å²) >= 11 is 0. The third-order valence-corrected chi connectivity index (χ3v) is 6.16. The van der Waals surface area contributed by atoms with Crippen LogP contribution in [-0.4, -0.2) is 32.1 Å². The maximum atomic E-state index is 13.0. The van der Waals surface area contributed by atoms with Crippen LogP contribution in [0.25, 0.3) is 10.8 Å². The Kier molecular flexibility index (Phi) is 4.12. The lowest BCUT2D eigenvalue weighted by Crippen LogP contribution is -2.36. The minimum atomic E-state index is -0.192. The summed E-state index contributed by atoms with van der Waals surface area (Å²) in [6.07, 6.45) is 1.41. The van der Waals surface area contributed by atoms with Crippen LogP contribution in [0.5, 0.6) is 17.2 Å². The van der Waals surface area contributed by atoms with Crippen molar-refractivity contribution in [3.8, 4) is 17.2 Å². The van der Waals surface area contributed by atoms with Crippen LogP contribution in [0.2, 0.25) is 0 Å². The van der Waals surface area contributed by atoms with Gasteiger partial charge in [0.05, 0.1) is 33.4 Å². The Hall–Kier alpha value is -3.21. The van der Waals surface area contributed by atoms with E-state index >= 15 is 0 Å². The van der Waals surface area contributed by atoms with E-state index in [4.69, 9.17) is 14.2 Å². The lowest BCUT2D eigenvalue weighted by molar-refractivity contribution is -0.130. The molecule has 29 heavy (non-hydrogen) atoms. The third kappa shape index (κ3) is 2.50. The molecule has 0 N–H and O–H groups in total. The van der Waals surface area contributed by atoms with Crippen molar-refractivity contribution in [2.24, 2.45) is 0 Å². The van der Waals surface area contributed by atoms with Crippen LogP contribution in [0.4, 0.5) is 0 Å². The molecule has 2 aliphatic rings. The normalized spacial score (nSPS) is 20.0. The molecule has 5 nitrogen and oxygen atoms in total. The molecule has 3 aromatic carbocycles. The van der Waals surface area contributed by atoms with Gasteiger partial charge in [0.2, 0.25) is 11.7 Å². The van der Waals surface area contributed by atoms with Gasteiger partial charge in [-0.05, 0) is 46.0 Å². The summed E-state index contributed by atoms with van der Waals surface area (Å²) < 4.78 is 16.7. The van der Waals surface area contributed by atoms with Crippen LogP contribution in [-0.2, 0) is 4.79 Å². The van der Waals surface area contributed by atoms with Gasteiger partial charge in [0.1, 0.15) is 0 Å². The number of rotatable bonds is 4. The highest BCUT2D eigenvalue weighted by atomic mass is 16.5. The summed E-state index contributed by atoms with van der Waals surface area (Å²) in [5.74, 6) is 1.92. The van der Waals surface area contributed by atoms with E-state index in [2.05, 4.69) is 36.4 Å². The van der Waals surface area contributed by atoms with E-state index in [0.717, 1.165) is 17.5 Å². The number of hydrogen-bond donors (Lipinski definition) is 0. The lowest BCUT2D eigenvalue weighted by atomic mass is 9.83. The van der Waals surface area contributed by atoms with Gasteiger partial charge in [0.15, 0.2) is 11.5 Å². The van der Waals surface area contributed by atoms with Gasteiger partial charge in [-0.15, -0.1) is 0 Å². The second-order valence-electron chi connectivity index (χ2n) is 7.51. The van der Waals surface area contributed by atoms with E-state index in [1.807, 2.05) is 17.0 Å². The summed E-state index contributed by atoms with van der Waals surface area (Å²) in [6, 6.07) is 16.5. The van der Waals surface area contributed by atoms with Crippen LogP contribution < -0.4 is 14.2 Å². The van der Waals surface area contributed by atoms with Gasteiger partial charge in [-0.25, -0.2) is 0 Å². The zero-order chi connectivity index (χ0) is 20.1. The van der Waals surface area contributed by atoms with E-state index in [0.29, 0.717) is 23.7 Å². The molecule has 2 atom stereocenters. The zero-order valence-electron chi connectivity index (χ0n) is 16.8. The average Bonchev–Trinajstić information content (AvgIpc) is 3.14. The second-order valence-corrected chi connectivity index (χ2v) is 7.51. The quantitative estimate of drug-likeness (QED) is 0.653. The molecule has 1 amide bonds. The molecule has 3 aromatic rings. The fraction of sp³-hybridized carbons (Fsp3) is 0.292. The van der Waals surface area contributed by atoms with Gasteiger partial charge in [-0.1, -0.05) is 36.4 Å². The first-order valence-electron chi connectivity index (χ1n) is 9.80. The standard InChI is InChI=1S/C24H23NO4/c1-27-19-12-15(13-20(28-2)24(19)29-3)23-17-9-5-7-14-6-4-8-16(22(14)17)18-10-11-21(26)25(18)23/h4-9,12-13,18,23H,10-11H2,1-3H3/t18-,23-/m0/s1. The number of hydrogen-bond acceptors (Lipinski definition) is 4. The first kappa shape index (κ1) is 17.9. The van der Waals surface area contributed by atoms with Gasteiger partial charge < -0.3 is 19.1 Å². The monoisotopic (exact) mass is 389 g/mol. The van der Waals surface area contributed by atoms with Crippen molar-refractivity contribution in [1.82, 2.24) is 4.90 Å². The van der Waals surface area contributed by atoms with Crippen molar-refractivity contribution in [3.05, 3.63) is 65.2 Å². The predicted molar refractivity (Wildman–Crippen MR) is 111 cm³/mol. The average molecular weight is 389 g/mol. The number of benzene rings is 3. The number of methoxy groups -OCH3 is 3. The highest BCUT2D eigenvalue weighted by Crippen LogP contribution is 2.52. The molecule has 5 rings (SSSR count). The molecule has 0 bridgehead atoms. The van der Waals surface area contributed by atoms with Crippen LogP contribution >= 0.6 is 0 Å². The number of nitrogens with zero attached hydrogens (tertiary/aromatic N) is 1. The minimum Gasteiger partial charge on any atom is -0.493 e. The molecule has 2 heterocycles. The molecule has 5 heteroatoms. The number of carbonyl (C=O) groups is 1. The summed E-state index contributed by atoms with van der Waals surface area (Å²) in [4.78, 5) is 15.0. The van der Waals surface area contributed by atoms with Crippen LogP contribution in [0.3, 0.4) is 0 Å². The van der Waals surface area contributed by atoms with Crippen molar-refractivity contribution in [3.63, 3.8) is 0 Å². The van der Waals surface area contributed by atoms with Gasteiger partial charge in [-0.3, -0.25) is 4.79 Å². The molecule has 0 spiro atoms. The number of carbonyl (C=O) groups excluding carboxylic acids is 1. The van der Waals surface area contributed by atoms with E-state index < -0.39 is 0 Å². The highest BCUT2D eigenvalue weighted by Gasteiger charge is 2.43. The molecular formula is C24H23NO4. The van der Waals surface area contributed by atoms with E-state index in [-0.39, 0.29) is 18.0 Å². The van der Waals surface area contributed by atoms with Gasteiger partial charge in [0.25, 0.3) is 0 Å².